The van der Waals surface area contributed by atoms with E-state index in [2.05, 4.69) is 49.6 Å². The van der Waals surface area contributed by atoms with Crippen LogP contribution in [0.1, 0.15) is 257 Å². The Bertz CT molecular complexity index is 679. The van der Waals surface area contributed by atoms with E-state index in [1.54, 1.807) is 0 Å². The van der Waals surface area contributed by atoms with Crippen LogP contribution in [0, 0.1) is 0 Å². The SMILES string of the molecule is CCCCCCCCCCCCCCCCCC(C)[n+]1cc[nH]c1C(CCC)CCCCCCCCCCCCCCCC. The average Bonchev–Trinajstić information content (AvgIpc) is 3.52. The molecule has 44 heavy (non-hydrogen) atoms. The summed E-state index contributed by atoms with van der Waals surface area (Å²) in [6, 6.07) is 0.619. The highest BCUT2D eigenvalue weighted by atomic mass is 15.1. The van der Waals surface area contributed by atoms with Crippen molar-refractivity contribution in [3.63, 3.8) is 0 Å². The second-order valence-corrected chi connectivity index (χ2v) is 14.7. The molecule has 2 unspecified atom stereocenters. The fourth-order valence-corrected chi connectivity index (χ4v) is 7.37. The minimum Gasteiger partial charge on any atom is -0.247 e. The van der Waals surface area contributed by atoms with Crippen molar-refractivity contribution >= 4 is 0 Å². The molecule has 2 nitrogen and oxygen atoms in total. The number of nitrogens with one attached hydrogen (secondary N) is 1. The molecule has 1 N–H and O–H groups in total. The normalized spacial score (nSPS) is 13.1. The second-order valence-electron chi connectivity index (χ2n) is 14.7. The van der Waals surface area contributed by atoms with Crippen LogP contribution in [-0.2, 0) is 0 Å². The Morgan fingerprint density at radius 3 is 1.14 bits per heavy atom. The van der Waals surface area contributed by atoms with Gasteiger partial charge in [-0.3, -0.25) is 0 Å². The van der Waals surface area contributed by atoms with E-state index in [4.69, 9.17) is 0 Å². The largest absolute Gasteiger partial charge is 0.257 e. The summed E-state index contributed by atoms with van der Waals surface area (Å²) >= 11 is 0. The predicted octanol–water partition coefficient (Wildman–Crippen LogP) is 14.9. The fraction of sp³-hybridized carbons (Fsp3) is 0.929. The van der Waals surface area contributed by atoms with Gasteiger partial charge in [-0.2, -0.15) is 0 Å². The molecule has 0 bridgehead atoms. The molecule has 2 heteroatoms. The van der Waals surface area contributed by atoms with Gasteiger partial charge >= 0.3 is 0 Å². The number of hydrogen-bond donors (Lipinski definition) is 1. The van der Waals surface area contributed by atoms with Crippen LogP contribution < -0.4 is 4.57 Å². The molecule has 1 aromatic rings. The first kappa shape index (κ1) is 41.2. The molecule has 0 radical (unpaired) electrons. The Kier molecular flexibility index (Phi) is 30.1. The van der Waals surface area contributed by atoms with Gasteiger partial charge in [0.1, 0.15) is 12.4 Å². The van der Waals surface area contributed by atoms with E-state index >= 15 is 0 Å². The Labute approximate surface area is 278 Å². The van der Waals surface area contributed by atoms with Gasteiger partial charge in [0.25, 0.3) is 5.82 Å². The molecule has 0 saturated heterocycles. The van der Waals surface area contributed by atoms with Gasteiger partial charge in [-0.25, -0.2) is 9.55 Å². The molecule has 0 aliphatic carbocycles. The van der Waals surface area contributed by atoms with Crippen LogP contribution >= 0.6 is 0 Å². The van der Waals surface area contributed by atoms with Gasteiger partial charge in [-0.1, -0.05) is 207 Å². The molecule has 1 heterocycles. The van der Waals surface area contributed by atoms with Gasteiger partial charge < -0.3 is 0 Å². The molecular formula is C42H83N2+. The number of hydrogen-bond acceptors (Lipinski definition) is 0. The lowest BCUT2D eigenvalue weighted by molar-refractivity contribution is -0.727. The van der Waals surface area contributed by atoms with Crippen molar-refractivity contribution in [1.82, 2.24) is 4.98 Å². The van der Waals surface area contributed by atoms with Crippen molar-refractivity contribution in [3.05, 3.63) is 18.2 Å². The molecular weight excluding hydrogens is 532 g/mol. The number of aromatic amines is 1. The van der Waals surface area contributed by atoms with E-state index in [1.165, 1.54) is 218 Å². The quantitative estimate of drug-likeness (QED) is 0.0579. The number of unbranched alkanes of at least 4 members (excludes halogenated alkanes) is 27. The minimum atomic E-state index is 0.619. The molecule has 0 amide bonds. The van der Waals surface area contributed by atoms with Crippen molar-refractivity contribution in [1.29, 1.82) is 0 Å². The van der Waals surface area contributed by atoms with E-state index in [0.29, 0.717) is 12.0 Å². The number of rotatable bonds is 35. The Balaban J connectivity index is 2.09. The lowest BCUT2D eigenvalue weighted by Crippen LogP contribution is -2.41. The van der Waals surface area contributed by atoms with Crippen molar-refractivity contribution in [2.24, 2.45) is 0 Å². The van der Waals surface area contributed by atoms with Crippen LogP contribution in [0.5, 0.6) is 0 Å². The van der Waals surface area contributed by atoms with Crippen molar-refractivity contribution in [2.75, 3.05) is 0 Å². The Hall–Kier alpha value is -0.790. The molecule has 0 spiro atoms. The van der Waals surface area contributed by atoms with E-state index in [1.807, 2.05) is 0 Å². The van der Waals surface area contributed by atoms with Gasteiger partial charge in [0, 0.05) is 0 Å². The van der Waals surface area contributed by atoms with E-state index in [9.17, 15) is 0 Å². The fourth-order valence-electron chi connectivity index (χ4n) is 7.37. The molecule has 0 saturated carbocycles. The highest BCUT2D eigenvalue weighted by Crippen LogP contribution is 2.26. The van der Waals surface area contributed by atoms with Crippen LogP contribution in [0.2, 0.25) is 0 Å². The third-order valence-corrected chi connectivity index (χ3v) is 10.4. The number of H-pyrrole nitrogens is 1. The smallest absolute Gasteiger partial charge is 0.247 e. The summed E-state index contributed by atoms with van der Waals surface area (Å²) in [7, 11) is 0. The molecule has 1 rings (SSSR count). The summed E-state index contributed by atoms with van der Waals surface area (Å²) < 4.78 is 2.61. The van der Waals surface area contributed by atoms with Crippen molar-refractivity contribution in [3.8, 4) is 0 Å². The minimum absolute atomic E-state index is 0.619. The first-order valence-electron chi connectivity index (χ1n) is 20.8. The zero-order valence-corrected chi connectivity index (χ0v) is 31.1. The molecule has 0 aliphatic heterocycles. The van der Waals surface area contributed by atoms with Gasteiger partial charge in [-0.05, 0) is 32.6 Å². The van der Waals surface area contributed by atoms with Crippen LogP contribution in [0.15, 0.2) is 12.4 Å². The number of imidazole rings is 1. The molecule has 260 valence electrons. The maximum Gasteiger partial charge on any atom is 0.257 e. The number of nitrogens with zero attached hydrogens (tertiary/aromatic N) is 1. The maximum absolute atomic E-state index is 3.69. The third-order valence-electron chi connectivity index (χ3n) is 10.4. The summed E-state index contributed by atoms with van der Waals surface area (Å²) in [5, 5.41) is 0. The Morgan fingerprint density at radius 1 is 0.432 bits per heavy atom. The van der Waals surface area contributed by atoms with Gasteiger partial charge in [0.2, 0.25) is 0 Å². The van der Waals surface area contributed by atoms with Gasteiger partial charge in [0.15, 0.2) is 0 Å². The van der Waals surface area contributed by atoms with Gasteiger partial charge in [-0.15, -0.1) is 0 Å². The molecule has 0 fully saturated rings. The zero-order chi connectivity index (χ0) is 31.8. The lowest BCUT2D eigenvalue weighted by atomic mass is 9.94. The molecule has 0 aliphatic rings. The first-order chi connectivity index (χ1) is 21.7. The molecule has 0 aromatic carbocycles. The summed E-state index contributed by atoms with van der Waals surface area (Å²) in [5.74, 6) is 2.21. The highest BCUT2D eigenvalue weighted by Gasteiger charge is 2.24. The van der Waals surface area contributed by atoms with Crippen LogP contribution in [0.3, 0.4) is 0 Å². The monoisotopic (exact) mass is 616 g/mol. The summed E-state index contributed by atoms with van der Waals surface area (Å²) in [6.45, 7) is 9.44. The zero-order valence-electron chi connectivity index (χ0n) is 31.1. The topological polar surface area (TPSA) is 19.7 Å². The Morgan fingerprint density at radius 2 is 0.773 bits per heavy atom. The summed E-state index contributed by atoms with van der Waals surface area (Å²) in [4.78, 5) is 3.69. The van der Waals surface area contributed by atoms with Crippen molar-refractivity contribution < 1.29 is 4.57 Å². The second kappa shape index (κ2) is 32.2. The third kappa shape index (κ3) is 23.5. The van der Waals surface area contributed by atoms with Gasteiger partial charge in [0.05, 0.1) is 12.0 Å². The maximum atomic E-state index is 3.69. The first-order valence-corrected chi connectivity index (χ1v) is 20.8. The van der Waals surface area contributed by atoms with Crippen molar-refractivity contribution in [2.45, 2.75) is 252 Å². The van der Waals surface area contributed by atoms with Crippen LogP contribution in [0.4, 0.5) is 0 Å². The van der Waals surface area contributed by atoms with Crippen LogP contribution in [0.25, 0.3) is 0 Å². The lowest BCUT2D eigenvalue weighted by Gasteiger charge is -2.16. The van der Waals surface area contributed by atoms with E-state index < -0.39 is 0 Å². The predicted molar refractivity (Wildman–Crippen MR) is 198 cm³/mol. The average molecular weight is 616 g/mol. The standard InChI is InChI=1S/C42H82N2/c1-5-8-10-12-14-16-18-20-22-23-25-27-29-31-33-36-40(4)44-39-38-43-42(44)41(35-7-3)37-34-32-30-28-26-24-21-19-17-15-13-11-9-6-2/h38-41H,5-37H2,1-4H3/p+1. The summed E-state index contributed by atoms with van der Waals surface area (Å²) in [6.07, 6.45) is 51.8. The number of aromatic nitrogens is 2. The van der Waals surface area contributed by atoms with E-state index in [0.717, 1.165) is 0 Å². The summed E-state index contributed by atoms with van der Waals surface area (Å²) in [5.41, 5.74) is 0. The highest BCUT2D eigenvalue weighted by molar-refractivity contribution is 4.90. The molecule has 1 aromatic heterocycles. The van der Waals surface area contributed by atoms with Crippen LogP contribution in [-0.4, -0.2) is 4.98 Å². The van der Waals surface area contributed by atoms with E-state index in [-0.39, 0.29) is 0 Å². The molecule has 2 atom stereocenters.